The number of hydrogen-bond donors (Lipinski definition) is 0. The summed E-state index contributed by atoms with van der Waals surface area (Å²) in [6.07, 6.45) is 0.470. The van der Waals surface area contributed by atoms with Crippen molar-refractivity contribution in [2.24, 2.45) is 0 Å². The molecule has 0 aromatic heterocycles. The lowest BCUT2D eigenvalue weighted by molar-refractivity contribution is 0.377. The molecule has 2 atom stereocenters. The Morgan fingerprint density at radius 3 is 1.94 bits per heavy atom. The average molecular weight is 275 g/mol. The molecular formula is C14H11BrO. The summed E-state index contributed by atoms with van der Waals surface area (Å²) in [5, 5.41) is 0. The first-order valence-corrected chi connectivity index (χ1v) is 6.10. The van der Waals surface area contributed by atoms with E-state index in [1.54, 1.807) is 0 Å². The molecule has 1 saturated heterocycles. The molecule has 0 aliphatic carbocycles. The van der Waals surface area contributed by atoms with Gasteiger partial charge in [-0.25, -0.2) is 0 Å². The molecule has 1 heterocycles. The molecule has 0 saturated carbocycles. The Kier molecular flexibility index (Phi) is 2.54. The van der Waals surface area contributed by atoms with E-state index in [-0.39, 0.29) is 12.2 Å². The molecule has 1 aliphatic rings. The number of hydrogen-bond acceptors (Lipinski definition) is 1. The topological polar surface area (TPSA) is 12.5 Å². The van der Waals surface area contributed by atoms with Gasteiger partial charge in [0.1, 0.15) is 12.2 Å². The maximum Gasteiger partial charge on any atom is 0.114 e. The van der Waals surface area contributed by atoms with E-state index in [4.69, 9.17) is 4.74 Å². The second kappa shape index (κ2) is 4.04. The summed E-state index contributed by atoms with van der Waals surface area (Å²) in [5.41, 5.74) is 2.51. The van der Waals surface area contributed by atoms with Crippen molar-refractivity contribution in [1.82, 2.24) is 0 Å². The second-order valence-corrected chi connectivity index (χ2v) is 4.86. The fourth-order valence-corrected chi connectivity index (χ4v) is 2.18. The molecule has 2 heteroatoms. The Balaban J connectivity index is 1.79. The first-order chi connectivity index (χ1) is 7.84. The largest absolute Gasteiger partial charge is 0.359 e. The molecule has 80 valence electrons. The molecule has 3 rings (SSSR count). The van der Waals surface area contributed by atoms with Gasteiger partial charge in [0, 0.05) is 4.47 Å². The maximum atomic E-state index is 5.71. The fraction of sp³-hybridized carbons (Fsp3) is 0.143. The highest BCUT2D eigenvalue weighted by Crippen LogP contribution is 2.50. The summed E-state index contributed by atoms with van der Waals surface area (Å²) in [5.74, 6) is 0. The van der Waals surface area contributed by atoms with Crippen molar-refractivity contribution in [3.05, 3.63) is 70.2 Å². The van der Waals surface area contributed by atoms with Crippen LogP contribution >= 0.6 is 15.9 Å². The SMILES string of the molecule is Brc1ccc([C@H]2O[C@@H]2c2ccccc2)cc1. The quantitative estimate of drug-likeness (QED) is 0.746. The van der Waals surface area contributed by atoms with Gasteiger partial charge in [0.2, 0.25) is 0 Å². The molecule has 0 bridgehead atoms. The highest BCUT2D eigenvalue weighted by Gasteiger charge is 2.41. The Bertz CT molecular complexity index is 478. The summed E-state index contributed by atoms with van der Waals surface area (Å²) < 4.78 is 6.82. The van der Waals surface area contributed by atoms with Gasteiger partial charge in [-0.2, -0.15) is 0 Å². The van der Waals surface area contributed by atoms with E-state index in [0.717, 1.165) is 4.47 Å². The molecule has 0 amide bonds. The number of epoxide rings is 1. The lowest BCUT2D eigenvalue weighted by atomic mass is 10.0. The van der Waals surface area contributed by atoms with Crippen LogP contribution in [-0.4, -0.2) is 0 Å². The summed E-state index contributed by atoms with van der Waals surface area (Å²) in [6.45, 7) is 0. The van der Waals surface area contributed by atoms with Crippen LogP contribution in [0.4, 0.5) is 0 Å². The Morgan fingerprint density at radius 1 is 0.750 bits per heavy atom. The van der Waals surface area contributed by atoms with Crippen molar-refractivity contribution in [2.45, 2.75) is 12.2 Å². The molecule has 0 unspecified atom stereocenters. The molecule has 2 aromatic carbocycles. The molecule has 16 heavy (non-hydrogen) atoms. The van der Waals surface area contributed by atoms with Gasteiger partial charge in [-0.3, -0.25) is 0 Å². The van der Waals surface area contributed by atoms with E-state index in [2.05, 4.69) is 64.5 Å². The van der Waals surface area contributed by atoms with Gasteiger partial charge in [0.05, 0.1) is 0 Å². The molecule has 2 aromatic rings. The van der Waals surface area contributed by atoms with Crippen LogP contribution in [0.3, 0.4) is 0 Å². The smallest absolute Gasteiger partial charge is 0.114 e. The lowest BCUT2D eigenvalue weighted by Gasteiger charge is -1.97. The van der Waals surface area contributed by atoms with E-state index < -0.39 is 0 Å². The van der Waals surface area contributed by atoms with E-state index in [1.807, 2.05) is 6.07 Å². The predicted molar refractivity (Wildman–Crippen MR) is 67.2 cm³/mol. The zero-order valence-corrected chi connectivity index (χ0v) is 10.2. The monoisotopic (exact) mass is 274 g/mol. The van der Waals surface area contributed by atoms with E-state index >= 15 is 0 Å². The fourth-order valence-electron chi connectivity index (χ4n) is 1.91. The first kappa shape index (κ1) is 10.1. The summed E-state index contributed by atoms with van der Waals surface area (Å²) in [4.78, 5) is 0. The van der Waals surface area contributed by atoms with Gasteiger partial charge in [-0.05, 0) is 23.3 Å². The zero-order chi connectivity index (χ0) is 11.0. The van der Waals surface area contributed by atoms with Crippen molar-refractivity contribution < 1.29 is 4.74 Å². The van der Waals surface area contributed by atoms with E-state index in [1.165, 1.54) is 11.1 Å². The third kappa shape index (κ3) is 1.91. The zero-order valence-electron chi connectivity index (χ0n) is 8.64. The van der Waals surface area contributed by atoms with Gasteiger partial charge in [0.25, 0.3) is 0 Å². The number of rotatable bonds is 2. The van der Waals surface area contributed by atoms with E-state index in [0.29, 0.717) is 0 Å². The van der Waals surface area contributed by atoms with Gasteiger partial charge < -0.3 is 4.74 Å². The van der Waals surface area contributed by atoms with Crippen LogP contribution in [0.25, 0.3) is 0 Å². The maximum absolute atomic E-state index is 5.71. The lowest BCUT2D eigenvalue weighted by Crippen LogP contribution is -1.83. The third-order valence-electron chi connectivity index (χ3n) is 2.82. The molecule has 0 N–H and O–H groups in total. The normalized spacial score (nSPS) is 23.1. The third-order valence-corrected chi connectivity index (χ3v) is 3.35. The van der Waals surface area contributed by atoms with Crippen molar-refractivity contribution in [3.63, 3.8) is 0 Å². The number of halogens is 1. The molecule has 1 nitrogen and oxygen atoms in total. The Morgan fingerprint density at radius 2 is 1.31 bits per heavy atom. The standard InChI is InChI=1S/C14H11BrO/c15-12-8-6-11(7-9-12)14-13(16-14)10-4-2-1-3-5-10/h1-9,13-14H/t13-,14-/m1/s1. The first-order valence-electron chi connectivity index (χ1n) is 5.30. The summed E-state index contributed by atoms with van der Waals surface area (Å²) in [7, 11) is 0. The van der Waals surface area contributed by atoms with Crippen LogP contribution in [-0.2, 0) is 4.74 Å². The Labute approximate surface area is 103 Å². The summed E-state index contributed by atoms with van der Waals surface area (Å²) >= 11 is 3.43. The number of ether oxygens (including phenoxy) is 1. The summed E-state index contributed by atoms with van der Waals surface area (Å²) in [6, 6.07) is 18.7. The number of benzene rings is 2. The van der Waals surface area contributed by atoms with Crippen molar-refractivity contribution in [2.75, 3.05) is 0 Å². The van der Waals surface area contributed by atoms with Gasteiger partial charge in [0.15, 0.2) is 0 Å². The van der Waals surface area contributed by atoms with Crippen LogP contribution in [0.1, 0.15) is 23.3 Å². The molecule has 1 fully saturated rings. The van der Waals surface area contributed by atoms with Crippen LogP contribution in [0.15, 0.2) is 59.1 Å². The van der Waals surface area contributed by atoms with E-state index in [9.17, 15) is 0 Å². The van der Waals surface area contributed by atoms with Gasteiger partial charge in [-0.1, -0.05) is 58.4 Å². The predicted octanol–water partition coefficient (Wildman–Crippen LogP) is 4.26. The average Bonchev–Trinajstić information content (AvgIpc) is 3.11. The molecule has 0 radical (unpaired) electrons. The van der Waals surface area contributed by atoms with Crippen molar-refractivity contribution in [1.29, 1.82) is 0 Å². The van der Waals surface area contributed by atoms with Crippen LogP contribution in [0.5, 0.6) is 0 Å². The minimum absolute atomic E-state index is 0.232. The Hall–Kier alpha value is -1.12. The van der Waals surface area contributed by atoms with Crippen molar-refractivity contribution in [3.8, 4) is 0 Å². The minimum Gasteiger partial charge on any atom is -0.359 e. The minimum atomic E-state index is 0.232. The highest BCUT2D eigenvalue weighted by atomic mass is 79.9. The van der Waals surface area contributed by atoms with Crippen LogP contribution in [0, 0.1) is 0 Å². The van der Waals surface area contributed by atoms with Crippen LogP contribution in [0.2, 0.25) is 0 Å². The molecule has 1 aliphatic heterocycles. The van der Waals surface area contributed by atoms with Gasteiger partial charge in [-0.15, -0.1) is 0 Å². The van der Waals surface area contributed by atoms with Crippen LogP contribution < -0.4 is 0 Å². The highest BCUT2D eigenvalue weighted by molar-refractivity contribution is 9.10. The van der Waals surface area contributed by atoms with Gasteiger partial charge >= 0.3 is 0 Å². The molecular weight excluding hydrogens is 264 g/mol. The second-order valence-electron chi connectivity index (χ2n) is 3.94. The molecule has 0 spiro atoms. The van der Waals surface area contributed by atoms with Crippen molar-refractivity contribution >= 4 is 15.9 Å².